The Bertz CT molecular complexity index is 5190. The molecule has 0 saturated carbocycles. The summed E-state index contributed by atoms with van der Waals surface area (Å²) in [6.07, 6.45) is -1.76. The zero-order valence-electron chi connectivity index (χ0n) is 81.3. The Hall–Kier alpha value is -14.5. The fourth-order valence-electron chi connectivity index (χ4n) is 17.1. The molecule has 3 aliphatic rings. The molecule has 46 nitrogen and oxygen atoms in total. The number of nitrogens with two attached hydrogens (primary N) is 2. The van der Waals surface area contributed by atoms with Crippen LogP contribution in [0.2, 0.25) is 0 Å². The van der Waals surface area contributed by atoms with Crippen molar-refractivity contribution in [3.05, 3.63) is 156 Å². The van der Waals surface area contributed by atoms with E-state index in [1.165, 1.54) is 82.2 Å². The number of nitrogens with one attached hydrogen (secondary N) is 16. The third-order valence-corrected chi connectivity index (χ3v) is 24.8. The second-order valence-electron chi connectivity index (χ2n) is 36.0. The summed E-state index contributed by atoms with van der Waals surface area (Å²) in [5.41, 5.74) is 13.4. The van der Waals surface area contributed by atoms with Crippen molar-refractivity contribution in [2.75, 3.05) is 132 Å². The number of hydrogen-bond donors (Lipinski definition) is 20. The van der Waals surface area contributed by atoms with Gasteiger partial charge in [0.15, 0.2) is 11.9 Å². The van der Waals surface area contributed by atoms with Crippen LogP contribution in [0.5, 0.6) is 11.5 Å². The first-order valence-corrected chi connectivity index (χ1v) is 48.1. The number of carboxylic acids is 3. The Morgan fingerprint density at radius 1 is 0.386 bits per heavy atom. The van der Waals surface area contributed by atoms with Crippen LogP contribution in [0.3, 0.4) is 0 Å². The molecule has 47 heteroatoms. The summed E-state index contributed by atoms with van der Waals surface area (Å²) in [6.45, 7) is -3.15. The second-order valence-corrected chi connectivity index (χ2v) is 36.0. The number of aliphatic carboxylic acids is 3. The largest absolute Gasteiger partial charge is 3.00 e. The van der Waals surface area contributed by atoms with Gasteiger partial charge in [0.05, 0.1) is 31.0 Å². The van der Waals surface area contributed by atoms with Crippen LogP contribution in [-0.4, -0.2) is 364 Å². The van der Waals surface area contributed by atoms with Crippen molar-refractivity contribution in [2.45, 2.75) is 170 Å². The molecular formula is C98H131InN24O22. The minimum Gasteiger partial charge on any atom is -0.549 e. The van der Waals surface area contributed by atoms with E-state index in [2.05, 4.69) is 74.4 Å². The van der Waals surface area contributed by atoms with Gasteiger partial charge in [-0.15, -0.1) is 0 Å². The minimum absolute atomic E-state index is 0. The van der Waals surface area contributed by atoms with Gasteiger partial charge in [-0.25, -0.2) is 4.79 Å². The number of fused-ring (bicyclic) bond motifs is 2. The third-order valence-electron chi connectivity index (χ3n) is 24.8. The molecule has 778 valence electrons. The number of nitrogens with zero attached hydrogens (tertiary/aromatic N) is 6. The van der Waals surface area contributed by atoms with Crippen molar-refractivity contribution in [2.24, 2.45) is 11.5 Å². The van der Waals surface area contributed by atoms with Crippen molar-refractivity contribution >= 4 is 160 Å². The molecule has 15 amide bonds. The number of phenolic OH excluding ortho intramolecular Hbond substituents is 2. The number of hydrogen-bond acceptors (Lipinski definition) is 27. The maximum atomic E-state index is 15.2. The van der Waals surface area contributed by atoms with E-state index in [0.29, 0.717) is 35.1 Å². The summed E-state index contributed by atoms with van der Waals surface area (Å²) >= 11 is 0. The number of benzene rings is 6. The van der Waals surface area contributed by atoms with E-state index in [4.69, 9.17) is 22.3 Å². The second kappa shape index (κ2) is 59.6. The van der Waals surface area contributed by atoms with Crippen LogP contribution in [0.4, 0.5) is 4.79 Å². The molecule has 0 unspecified atom stereocenters. The quantitative estimate of drug-likeness (QED) is 0.00964. The van der Waals surface area contributed by atoms with Gasteiger partial charge in [0.2, 0.25) is 76.8 Å². The van der Waals surface area contributed by atoms with Gasteiger partial charge in [-0.1, -0.05) is 116 Å². The molecule has 6 aromatic carbocycles. The first kappa shape index (κ1) is 116. The van der Waals surface area contributed by atoms with Gasteiger partial charge in [-0.3, -0.25) is 87.8 Å². The summed E-state index contributed by atoms with van der Waals surface area (Å²) in [5, 5.41) is 113. The number of unbranched alkanes of at least 4 members (excludes halogenated alkanes) is 2. The molecule has 0 spiro atoms. The molecule has 0 aromatic heterocycles. The fraction of sp³-hybridized carbons (Fsp3) is 0.480. The summed E-state index contributed by atoms with van der Waals surface area (Å²) in [7, 11) is 2.60. The van der Waals surface area contributed by atoms with Crippen LogP contribution in [0.15, 0.2) is 133 Å². The van der Waals surface area contributed by atoms with Crippen LogP contribution >= 0.6 is 0 Å². The summed E-state index contributed by atoms with van der Waals surface area (Å²) in [4.78, 5) is 247. The van der Waals surface area contributed by atoms with E-state index >= 15 is 19.2 Å². The van der Waals surface area contributed by atoms with Crippen molar-refractivity contribution in [3.8, 4) is 11.5 Å². The minimum atomic E-state index is -1.48. The van der Waals surface area contributed by atoms with Gasteiger partial charge < -0.3 is 141 Å². The molecule has 0 radical (unpaired) electrons. The standard InChI is InChI=1S/C98H134N24O22.In/c1-117-78(92(140)113-72(18-10-38-105-96(99)100)90(138)115-74(52-63-23-29-65-14-5-7-16-67(65)48-63)88(136)108-56-83(128)111-76(94(117)142)50-61-25-31-70(123)32-26-61)20-12-36-103-81(126)54-69(110-80(125)22-4-3-9-35-107-98(144)122-46-44-120(59-86(132)133)42-40-119(58-85(130)131)41-43-121(45-47-122)60-87(134)135)55-82(127)104-37-13-21-79-93(141)114-73(19-11-39-106-97(101)102)91(139)116-75(53-64-24-30-66-15-6-8-17-68(66)49-64)89(137)109-57-84(129)112-77(95(143)118(79)2)51-62-27-33-71(124)34-28-62;/h5-8,14-17,23-34,48-49,69,72-79,123-124H,3-4,9-13,18-22,35-47,50-60H2,1-2H3,(H,103,126)(H,104,127)(H,107,144)(H,108,136)(H,109,137)(H,110,125)(H,111,128)(H,112,129)(H,113,140)(H,114,141)(H,115,138)(H,116,139)(H,130,131)(H,132,133)(H,134,135)(H4,99,100,105)(H4,101,102,106);/q;+3/p-3/t72-,73-,74-,75-,76+,77+,78+,79+;/m0./s1. The number of carbonyl (C=O) groups is 17. The molecule has 3 aliphatic heterocycles. The molecule has 0 bridgehead atoms. The van der Waals surface area contributed by atoms with Crippen LogP contribution in [0.1, 0.15) is 112 Å². The van der Waals surface area contributed by atoms with Crippen molar-refractivity contribution in [1.82, 2.24) is 104 Å². The van der Waals surface area contributed by atoms with Gasteiger partial charge in [0.25, 0.3) is 0 Å². The van der Waals surface area contributed by atoms with Gasteiger partial charge in [0, 0.05) is 170 Å². The third kappa shape index (κ3) is 40.3. The van der Waals surface area contributed by atoms with Crippen LogP contribution < -0.4 is 101 Å². The Morgan fingerprint density at radius 2 is 0.731 bits per heavy atom. The van der Waals surface area contributed by atoms with Gasteiger partial charge in [-0.2, -0.15) is 0 Å². The molecule has 145 heavy (non-hydrogen) atoms. The monoisotopic (exact) mass is 2110 g/mol. The molecule has 0 aliphatic carbocycles. The number of phenols is 2. The predicted molar refractivity (Wildman–Crippen MR) is 527 cm³/mol. The molecule has 3 saturated heterocycles. The fourth-order valence-corrected chi connectivity index (χ4v) is 17.1. The average Bonchev–Trinajstić information content (AvgIpc) is 1.81. The number of carboxylic acid groups (broad SMARTS) is 3. The van der Waals surface area contributed by atoms with Gasteiger partial charge in [0.1, 0.15) is 59.8 Å². The van der Waals surface area contributed by atoms with Crippen molar-refractivity contribution < 1.29 is 107 Å². The van der Waals surface area contributed by atoms with E-state index < -0.39 is 201 Å². The predicted octanol–water partition coefficient (Wildman–Crippen LogP) is -6.56. The number of rotatable bonds is 41. The SMILES string of the molecule is CN1C(=O)[C@@H](Cc2ccc(O)cc2)NC(=O)CNC(=O)[C@H](Cc2ccc3ccccc3c2)NC(=O)[C@H](CCCNC(=N)N)NC(=O)[C@H]1CCCNC(=O)CC(CC(=O)NCCC[C@@H]1C(=O)N[C@@H](CCCNC(=N)N)C(=O)N[C@@H](Cc2ccc3ccccc3c2)C(=O)NCC(=O)N[C@H](Cc2ccc(O)cc2)C(=O)N1C)NC(=O)CCCCCNC(=O)N1CCN(CC(=O)[O-])CCN(CC(=O)[O-])CCN(CC(=O)[O-])CC1.[In+3]. The van der Waals surface area contributed by atoms with Crippen molar-refractivity contribution in [3.63, 3.8) is 0 Å². The molecular weight excluding hydrogens is 1980 g/mol. The van der Waals surface area contributed by atoms with Gasteiger partial charge in [-0.05, 0) is 132 Å². The van der Waals surface area contributed by atoms with E-state index in [1.54, 1.807) is 12.1 Å². The Labute approximate surface area is 857 Å². The first-order chi connectivity index (χ1) is 68.9. The Kier molecular flexibility index (Phi) is 47.6. The van der Waals surface area contributed by atoms with E-state index in [1.807, 2.05) is 72.8 Å². The maximum absolute atomic E-state index is 15.2. The number of carbonyl (C=O) groups excluding carboxylic acids is 17. The zero-order chi connectivity index (χ0) is 104. The number of urea groups is 1. The summed E-state index contributed by atoms with van der Waals surface area (Å²) < 4.78 is 0. The summed E-state index contributed by atoms with van der Waals surface area (Å²) in [6, 6.07) is 24.1. The van der Waals surface area contributed by atoms with Crippen molar-refractivity contribution in [1.29, 1.82) is 10.8 Å². The molecule has 8 atom stereocenters. The molecule has 3 fully saturated rings. The number of aromatic hydroxyl groups is 2. The maximum Gasteiger partial charge on any atom is 3.00 e. The normalized spacial score (nSPS) is 19.7. The molecule has 22 N–H and O–H groups in total. The number of amides is 15. The van der Waals surface area contributed by atoms with E-state index in [-0.39, 0.29) is 224 Å². The first-order valence-electron chi connectivity index (χ1n) is 48.1. The zero-order valence-corrected chi connectivity index (χ0v) is 84.6. The van der Waals surface area contributed by atoms with Crippen LogP contribution in [-0.2, 0) is 102 Å². The molecule has 6 aromatic rings. The van der Waals surface area contributed by atoms with E-state index in [9.17, 15) is 87.9 Å². The number of guanidine groups is 2. The number of likely N-dealkylation sites (N-methyl/N-ethyl adjacent to an activating group) is 2. The van der Waals surface area contributed by atoms with Gasteiger partial charge >= 0.3 is 31.9 Å². The Morgan fingerprint density at radius 3 is 1.12 bits per heavy atom. The van der Waals surface area contributed by atoms with Crippen LogP contribution in [0, 0.1) is 10.8 Å². The Balaban J connectivity index is 0.0000257. The van der Waals surface area contributed by atoms with E-state index in [0.717, 1.165) is 31.3 Å². The summed E-state index contributed by atoms with van der Waals surface area (Å²) in [5.74, 6) is -15.6. The average molecular weight is 2110 g/mol. The topological polar surface area (TPSA) is 687 Å². The smallest absolute Gasteiger partial charge is 0.549 e. The molecule has 9 rings (SSSR count). The van der Waals surface area contributed by atoms with Crippen LogP contribution in [0.25, 0.3) is 21.5 Å². The molecule has 3 heterocycles.